The van der Waals surface area contributed by atoms with Crippen molar-refractivity contribution in [2.45, 2.75) is 6.92 Å². The second kappa shape index (κ2) is 5.83. The van der Waals surface area contributed by atoms with Crippen molar-refractivity contribution in [3.8, 4) is 0 Å². The number of para-hydroxylation sites is 2. The van der Waals surface area contributed by atoms with Crippen LogP contribution in [0.25, 0.3) is 0 Å². The lowest BCUT2D eigenvalue weighted by atomic mass is 10.1. The minimum atomic E-state index is -0.528. The van der Waals surface area contributed by atoms with Crippen LogP contribution in [-0.4, -0.2) is 10.8 Å². The van der Waals surface area contributed by atoms with Crippen molar-refractivity contribution in [2.24, 2.45) is 0 Å². The molecule has 0 spiro atoms. The number of carbonyl (C=O) groups is 1. The average Bonchev–Trinajstić information content (AvgIpc) is 2.38. The van der Waals surface area contributed by atoms with E-state index < -0.39 is 10.8 Å². The summed E-state index contributed by atoms with van der Waals surface area (Å²) < 4.78 is 0.647. The molecule has 0 bridgehead atoms. The Balaban J connectivity index is 2.30. The maximum atomic E-state index is 12.2. The summed E-state index contributed by atoms with van der Waals surface area (Å²) in [4.78, 5) is 22.5. The Bertz CT molecular complexity index is 686. The predicted octanol–water partition coefficient (Wildman–Crippen LogP) is 3.92. The van der Waals surface area contributed by atoms with E-state index in [1.165, 1.54) is 12.1 Å². The third kappa shape index (κ3) is 3.03. The first-order valence-electron chi connectivity index (χ1n) is 5.80. The van der Waals surface area contributed by atoms with E-state index in [9.17, 15) is 14.9 Å². The maximum Gasteiger partial charge on any atom is 0.292 e. The summed E-state index contributed by atoms with van der Waals surface area (Å²) >= 11 is 3.31. The molecule has 5 nitrogen and oxygen atoms in total. The summed E-state index contributed by atoms with van der Waals surface area (Å²) in [6, 6.07) is 11.3. The highest BCUT2D eigenvalue weighted by molar-refractivity contribution is 9.10. The van der Waals surface area contributed by atoms with Crippen molar-refractivity contribution in [1.29, 1.82) is 0 Å². The zero-order valence-electron chi connectivity index (χ0n) is 10.6. The Kier molecular flexibility index (Phi) is 4.14. The number of nitrogens with zero attached hydrogens (tertiary/aromatic N) is 1. The smallest absolute Gasteiger partial charge is 0.292 e. The van der Waals surface area contributed by atoms with Gasteiger partial charge in [-0.05, 0) is 46.6 Å². The van der Waals surface area contributed by atoms with Crippen molar-refractivity contribution in [3.63, 3.8) is 0 Å². The molecule has 2 rings (SSSR count). The Morgan fingerprint density at radius 3 is 2.60 bits per heavy atom. The van der Waals surface area contributed by atoms with E-state index in [1.54, 1.807) is 24.3 Å². The standard InChI is InChI=1S/C14H11BrN2O3/c1-9-6-7-10(11(15)8-9)14(18)16-12-4-2-3-5-13(12)17(19)20/h2-8H,1H3,(H,16,18). The van der Waals surface area contributed by atoms with Crippen molar-refractivity contribution >= 4 is 33.2 Å². The minimum Gasteiger partial charge on any atom is -0.316 e. The van der Waals surface area contributed by atoms with Crippen LogP contribution in [0, 0.1) is 17.0 Å². The fraction of sp³-hybridized carbons (Fsp3) is 0.0714. The van der Waals surface area contributed by atoms with Crippen LogP contribution in [0.5, 0.6) is 0 Å². The van der Waals surface area contributed by atoms with E-state index in [0.29, 0.717) is 10.0 Å². The van der Waals surface area contributed by atoms with Gasteiger partial charge in [0.1, 0.15) is 5.69 Å². The molecule has 0 radical (unpaired) electrons. The molecule has 0 heterocycles. The van der Waals surface area contributed by atoms with Crippen LogP contribution in [0.15, 0.2) is 46.9 Å². The second-order valence-electron chi connectivity index (χ2n) is 4.21. The normalized spacial score (nSPS) is 10.1. The van der Waals surface area contributed by atoms with Gasteiger partial charge in [0, 0.05) is 10.5 Å². The van der Waals surface area contributed by atoms with Gasteiger partial charge in [-0.1, -0.05) is 18.2 Å². The molecule has 0 saturated carbocycles. The van der Waals surface area contributed by atoms with Crippen LogP contribution in [0.2, 0.25) is 0 Å². The molecule has 0 aliphatic heterocycles. The molecule has 6 heteroatoms. The fourth-order valence-corrected chi connectivity index (χ4v) is 2.41. The van der Waals surface area contributed by atoms with Crippen LogP contribution in [-0.2, 0) is 0 Å². The number of aryl methyl sites for hydroxylation is 1. The lowest BCUT2D eigenvalue weighted by molar-refractivity contribution is -0.383. The Morgan fingerprint density at radius 2 is 1.95 bits per heavy atom. The van der Waals surface area contributed by atoms with E-state index in [0.717, 1.165) is 5.56 Å². The number of nitrogens with one attached hydrogen (secondary N) is 1. The van der Waals surface area contributed by atoms with Gasteiger partial charge in [0.25, 0.3) is 11.6 Å². The molecule has 0 aliphatic carbocycles. The van der Waals surface area contributed by atoms with Gasteiger partial charge in [-0.25, -0.2) is 0 Å². The molecule has 0 aromatic heterocycles. The average molecular weight is 335 g/mol. The van der Waals surface area contributed by atoms with Crippen molar-refractivity contribution in [1.82, 2.24) is 0 Å². The fourth-order valence-electron chi connectivity index (χ4n) is 1.73. The summed E-state index contributed by atoms with van der Waals surface area (Å²) in [6.07, 6.45) is 0. The van der Waals surface area contributed by atoms with E-state index >= 15 is 0 Å². The van der Waals surface area contributed by atoms with Gasteiger partial charge in [0.05, 0.1) is 10.5 Å². The molecule has 1 amide bonds. The number of nitro benzene ring substituents is 1. The van der Waals surface area contributed by atoms with Crippen LogP contribution in [0.4, 0.5) is 11.4 Å². The van der Waals surface area contributed by atoms with Crippen molar-refractivity contribution in [2.75, 3.05) is 5.32 Å². The first kappa shape index (κ1) is 14.2. The topological polar surface area (TPSA) is 72.2 Å². The quantitative estimate of drug-likeness (QED) is 0.683. The molecule has 0 aliphatic rings. The number of rotatable bonds is 3. The van der Waals surface area contributed by atoms with Gasteiger partial charge in [0.15, 0.2) is 0 Å². The largest absolute Gasteiger partial charge is 0.316 e. The number of hydrogen-bond acceptors (Lipinski definition) is 3. The minimum absolute atomic E-state index is 0.135. The van der Waals surface area contributed by atoms with Crippen LogP contribution in [0.1, 0.15) is 15.9 Å². The predicted molar refractivity (Wildman–Crippen MR) is 79.9 cm³/mol. The molecule has 0 saturated heterocycles. The monoisotopic (exact) mass is 334 g/mol. The Morgan fingerprint density at radius 1 is 1.25 bits per heavy atom. The van der Waals surface area contributed by atoms with Gasteiger partial charge in [-0.15, -0.1) is 0 Å². The zero-order chi connectivity index (χ0) is 14.7. The SMILES string of the molecule is Cc1ccc(C(=O)Nc2ccccc2[N+](=O)[O-])c(Br)c1. The lowest BCUT2D eigenvalue weighted by Crippen LogP contribution is -2.13. The highest BCUT2D eigenvalue weighted by atomic mass is 79.9. The molecule has 20 heavy (non-hydrogen) atoms. The number of nitro groups is 1. The molecule has 1 N–H and O–H groups in total. The third-order valence-corrected chi connectivity index (χ3v) is 3.37. The van der Waals surface area contributed by atoms with Crippen molar-refractivity contribution in [3.05, 3.63) is 68.2 Å². The lowest BCUT2D eigenvalue weighted by Gasteiger charge is -2.08. The summed E-state index contributed by atoms with van der Waals surface area (Å²) in [7, 11) is 0. The van der Waals surface area contributed by atoms with E-state index in [4.69, 9.17) is 0 Å². The summed E-state index contributed by atoms with van der Waals surface area (Å²) in [5.41, 5.74) is 1.48. The van der Waals surface area contributed by atoms with E-state index in [1.807, 2.05) is 13.0 Å². The molecule has 102 valence electrons. The number of hydrogen-bond donors (Lipinski definition) is 1. The molecular weight excluding hydrogens is 324 g/mol. The summed E-state index contributed by atoms with van der Waals surface area (Å²) in [6.45, 7) is 1.91. The maximum absolute atomic E-state index is 12.2. The van der Waals surface area contributed by atoms with Gasteiger partial charge in [0.2, 0.25) is 0 Å². The summed E-state index contributed by atoms with van der Waals surface area (Å²) in [5.74, 6) is -0.397. The van der Waals surface area contributed by atoms with Crippen molar-refractivity contribution < 1.29 is 9.72 Å². The highest BCUT2D eigenvalue weighted by Gasteiger charge is 2.17. The molecule has 0 unspecified atom stereocenters. The Hall–Kier alpha value is -2.21. The van der Waals surface area contributed by atoms with Gasteiger partial charge < -0.3 is 5.32 Å². The van der Waals surface area contributed by atoms with E-state index in [2.05, 4.69) is 21.2 Å². The number of halogens is 1. The molecule has 0 atom stereocenters. The first-order chi connectivity index (χ1) is 9.49. The third-order valence-electron chi connectivity index (χ3n) is 2.72. The van der Waals surface area contributed by atoms with E-state index in [-0.39, 0.29) is 11.4 Å². The molecular formula is C14H11BrN2O3. The Labute approximate surface area is 123 Å². The molecule has 2 aromatic carbocycles. The number of amides is 1. The van der Waals surface area contributed by atoms with Crippen LogP contribution < -0.4 is 5.32 Å². The number of anilines is 1. The summed E-state index contributed by atoms with van der Waals surface area (Å²) in [5, 5.41) is 13.5. The number of benzene rings is 2. The van der Waals surface area contributed by atoms with Gasteiger partial charge in [-0.2, -0.15) is 0 Å². The van der Waals surface area contributed by atoms with Crippen LogP contribution in [0.3, 0.4) is 0 Å². The highest BCUT2D eigenvalue weighted by Crippen LogP contribution is 2.25. The second-order valence-corrected chi connectivity index (χ2v) is 5.07. The molecule has 0 fully saturated rings. The first-order valence-corrected chi connectivity index (χ1v) is 6.59. The van der Waals surface area contributed by atoms with Gasteiger partial charge >= 0.3 is 0 Å². The van der Waals surface area contributed by atoms with Crippen LogP contribution >= 0.6 is 15.9 Å². The number of carbonyl (C=O) groups excluding carboxylic acids is 1. The zero-order valence-corrected chi connectivity index (χ0v) is 12.2. The van der Waals surface area contributed by atoms with Gasteiger partial charge in [-0.3, -0.25) is 14.9 Å². The molecule has 2 aromatic rings.